The van der Waals surface area contributed by atoms with Gasteiger partial charge in [-0.3, -0.25) is 9.59 Å². The van der Waals surface area contributed by atoms with Gasteiger partial charge in [0.15, 0.2) is 0 Å². The SMILES string of the molecule is CCC1[C@@H]2C=C[C@@H]1[C@H]1C(=O)OC(=O)[C@H]12. The predicted octanol–water partition coefficient (Wildman–Crippen LogP) is 1.14. The van der Waals surface area contributed by atoms with E-state index in [0.29, 0.717) is 5.92 Å². The summed E-state index contributed by atoms with van der Waals surface area (Å²) >= 11 is 0. The van der Waals surface area contributed by atoms with Crippen LogP contribution in [0.25, 0.3) is 0 Å². The fourth-order valence-corrected chi connectivity index (χ4v) is 3.44. The zero-order chi connectivity index (χ0) is 9.87. The largest absolute Gasteiger partial charge is 0.393 e. The molecule has 0 radical (unpaired) electrons. The van der Waals surface area contributed by atoms with E-state index in [-0.39, 0.29) is 35.6 Å². The molecule has 0 spiro atoms. The fourth-order valence-electron chi connectivity index (χ4n) is 3.44. The molecular weight excluding hydrogens is 180 g/mol. The van der Waals surface area contributed by atoms with Crippen molar-refractivity contribution in [3.8, 4) is 0 Å². The normalized spacial score (nSPS) is 48.5. The quantitative estimate of drug-likeness (QED) is 0.355. The second kappa shape index (κ2) is 2.47. The Kier molecular flexibility index (Phi) is 1.45. The molecule has 1 unspecified atom stereocenters. The zero-order valence-electron chi connectivity index (χ0n) is 7.97. The maximum atomic E-state index is 11.4. The highest BCUT2D eigenvalue weighted by atomic mass is 16.6. The molecule has 1 heterocycles. The molecule has 1 aliphatic heterocycles. The van der Waals surface area contributed by atoms with E-state index in [4.69, 9.17) is 0 Å². The van der Waals surface area contributed by atoms with E-state index in [1.165, 1.54) is 0 Å². The first kappa shape index (κ1) is 8.21. The van der Waals surface area contributed by atoms with Crippen LogP contribution >= 0.6 is 0 Å². The number of fused-ring (bicyclic) bond motifs is 5. The molecule has 3 nitrogen and oxygen atoms in total. The Morgan fingerprint density at radius 3 is 2.07 bits per heavy atom. The second-order valence-electron chi connectivity index (χ2n) is 4.40. The number of allylic oxidation sites excluding steroid dienone is 2. The lowest BCUT2D eigenvalue weighted by Gasteiger charge is -2.14. The van der Waals surface area contributed by atoms with Gasteiger partial charge in [-0.25, -0.2) is 0 Å². The van der Waals surface area contributed by atoms with Gasteiger partial charge in [-0.2, -0.15) is 0 Å². The Hall–Kier alpha value is -1.12. The van der Waals surface area contributed by atoms with Crippen molar-refractivity contribution in [3.05, 3.63) is 12.2 Å². The van der Waals surface area contributed by atoms with Gasteiger partial charge in [0.05, 0.1) is 11.8 Å². The summed E-state index contributed by atoms with van der Waals surface area (Å²) in [4.78, 5) is 22.9. The third-order valence-electron chi connectivity index (χ3n) is 3.98. The first-order valence-corrected chi connectivity index (χ1v) is 5.18. The van der Waals surface area contributed by atoms with Crippen molar-refractivity contribution >= 4 is 11.9 Å². The average Bonchev–Trinajstić information content (AvgIpc) is 2.77. The van der Waals surface area contributed by atoms with Crippen LogP contribution in [0.4, 0.5) is 0 Å². The molecule has 0 aromatic rings. The lowest BCUT2D eigenvalue weighted by molar-refractivity contribution is -0.155. The monoisotopic (exact) mass is 192 g/mol. The van der Waals surface area contributed by atoms with E-state index < -0.39 is 0 Å². The third kappa shape index (κ3) is 0.740. The van der Waals surface area contributed by atoms with Crippen LogP contribution in [0.5, 0.6) is 0 Å². The molecule has 1 saturated carbocycles. The number of carbonyl (C=O) groups is 2. The van der Waals surface area contributed by atoms with Crippen molar-refractivity contribution in [1.82, 2.24) is 0 Å². The van der Waals surface area contributed by atoms with E-state index in [2.05, 4.69) is 23.8 Å². The van der Waals surface area contributed by atoms with E-state index in [0.717, 1.165) is 6.42 Å². The Morgan fingerprint density at radius 1 is 1.14 bits per heavy atom. The molecule has 3 aliphatic rings. The van der Waals surface area contributed by atoms with Gasteiger partial charge in [0, 0.05) is 0 Å². The van der Waals surface area contributed by atoms with Crippen LogP contribution in [0, 0.1) is 29.6 Å². The van der Waals surface area contributed by atoms with Crippen molar-refractivity contribution in [2.75, 3.05) is 0 Å². The predicted molar refractivity (Wildman–Crippen MR) is 48.0 cm³/mol. The smallest absolute Gasteiger partial charge is 0.318 e. The molecule has 1 saturated heterocycles. The van der Waals surface area contributed by atoms with Crippen LogP contribution in [-0.2, 0) is 14.3 Å². The minimum absolute atomic E-state index is 0.164. The Bertz CT molecular complexity index is 314. The lowest BCUT2D eigenvalue weighted by Crippen LogP contribution is -2.21. The first-order valence-electron chi connectivity index (χ1n) is 5.18. The van der Waals surface area contributed by atoms with Gasteiger partial charge < -0.3 is 4.74 Å². The number of hydrogen-bond acceptors (Lipinski definition) is 3. The fraction of sp³-hybridized carbons (Fsp3) is 0.636. The minimum Gasteiger partial charge on any atom is -0.393 e. The maximum absolute atomic E-state index is 11.4. The van der Waals surface area contributed by atoms with Crippen LogP contribution in [-0.4, -0.2) is 11.9 Å². The molecule has 0 aromatic heterocycles. The third-order valence-corrected chi connectivity index (χ3v) is 3.98. The Balaban J connectivity index is 2.03. The van der Waals surface area contributed by atoms with Crippen LogP contribution < -0.4 is 0 Å². The van der Waals surface area contributed by atoms with Crippen molar-refractivity contribution < 1.29 is 14.3 Å². The Morgan fingerprint density at radius 2 is 1.64 bits per heavy atom. The molecule has 2 fully saturated rings. The van der Waals surface area contributed by atoms with Gasteiger partial charge in [0.2, 0.25) is 0 Å². The topological polar surface area (TPSA) is 43.4 Å². The summed E-state index contributed by atoms with van der Waals surface area (Å²) in [5, 5.41) is 0. The average molecular weight is 192 g/mol. The van der Waals surface area contributed by atoms with E-state index >= 15 is 0 Å². The minimum atomic E-state index is -0.296. The summed E-state index contributed by atoms with van der Waals surface area (Å²) in [6.07, 6.45) is 5.23. The molecule has 3 rings (SSSR count). The highest BCUT2D eigenvalue weighted by Gasteiger charge is 2.61. The molecule has 14 heavy (non-hydrogen) atoms. The number of esters is 2. The van der Waals surface area contributed by atoms with Gasteiger partial charge >= 0.3 is 11.9 Å². The highest BCUT2D eigenvalue weighted by molar-refractivity contribution is 5.98. The molecule has 3 heteroatoms. The van der Waals surface area contributed by atoms with E-state index in [1.54, 1.807) is 0 Å². The van der Waals surface area contributed by atoms with Crippen LogP contribution in [0.2, 0.25) is 0 Å². The summed E-state index contributed by atoms with van der Waals surface area (Å²) in [6.45, 7) is 2.12. The van der Waals surface area contributed by atoms with Crippen molar-refractivity contribution in [2.24, 2.45) is 29.6 Å². The van der Waals surface area contributed by atoms with Gasteiger partial charge in [0.1, 0.15) is 0 Å². The van der Waals surface area contributed by atoms with Crippen LogP contribution in [0.1, 0.15) is 13.3 Å². The summed E-state index contributed by atoms with van der Waals surface area (Å²) in [5.74, 6) is 0.0835. The highest BCUT2D eigenvalue weighted by Crippen LogP contribution is 2.56. The van der Waals surface area contributed by atoms with Crippen molar-refractivity contribution in [2.45, 2.75) is 13.3 Å². The molecular formula is C11H12O3. The Labute approximate surface area is 82.1 Å². The number of hydrogen-bond donors (Lipinski definition) is 0. The zero-order valence-corrected chi connectivity index (χ0v) is 7.97. The molecule has 5 atom stereocenters. The van der Waals surface area contributed by atoms with Gasteiger partial charge in [-0.05, 0) is 17.8 Å². The van der Waals surface area contributed by atoms with E-state index in [1.807, 2.05) is 0 Å². The number of carbonyl (C=O) groups excluding carboxylic acids is 2. The maximum Gasteiger partial charge on any atom is 0.318 e. The molecule has 0 N–H and O–H groups in total. The van der Waals surface area contributed by atoms with Gasteiger partial charge in [-0.15, -0.1) is 0 Å². The van der Waals surface area contributed by atoms with E-state index in [9.17, 15) is 9.59 Å². The van der Waals surface area contributed by atoms with Crippen molar-refractivity contribution in [3.63, 3.8) is 0 Å². The summed E-state index contributed by atoms with van der Waals surface area (Å²) in [5.41, 5.74) is 0. The number of cyclic esters (lactones) is 2. The summed E-state index contributed by atoms with van der Waals surface area (Å²) < 4.78 is 4.68. The molecule has 2 aliphatic carbocycles. The molecule has 74 valence electrons. The number of rotatable bonds is 1. The molecule has 0 aromatic carbocycles. The van der Waals surface area contributed by atoms with Crippen LogP contribution in [0.15, 0.2) is 12.2 Å². The number of ether oxygens (including phenoxy) is 1. The lowest BCUT2D eigenvalue weighted by atomic mass is 9.85. The van der Waals surface area contributed by atoms with Gasteiger partial charge in [0.25, 0.3) is 0 Å². The molecule has 0 amide bonds. The van der Waals surface area contributed by atoms with Gasteiger partial charge in [-0.1, -0.05) is 25.5 Å². The standard InChI is InChI=1S/C11H12O3/c1-2-5-6-3-4-7(5)9-8(6)10(12)14-11(9)13/h3-9H,2H2,1H3/t5?,6-,7-,8-,9+/m0/s1. The second-order valence-corrected chi connectivity index (χ2v) is 4.40. The van der Waals surface area contributed by atoms with Crippen molar-refractivity contribution in [1.29, 1.82) is 0 Å². The summed E-state index contributed by atoms with van der Waals surface area (Å²) in [6, 6.07) is 0. The van der Waals surface area contributed by atoms with Crippen LogP contribution in [0.3, 0.4) is 0 Å². The molecule has 2 bridgehead atoms. The first-order chi connectivity index (χ1) is 6.74. The summed E-state index contributed by atoms with van der Waals surface area (Å²) in [7, 11) is 0.